The summed E-state index contributed by atoms with van der Waals surface area (Å²) in [7, 11) is -2.34. The molecule has 3 aromatic rings. The summed E-state index contributed by atoms with van der Waals surface area (Å²) < 4.78 is 38.6. The van der Waals surface area contributed by atoms with E-state index in [1.54, 1.807) is 43.5 Å². The number of benzene rings is 3. The Hall–Kier alpha value is -2.94. The van der Waals surface area contributed by atoms with Gasteiger partial charge in [0.15, 0.2) is 6.10 Å². The lowest BCUT2D eigenvalue weighted by molar-refractivity contribution is -0.122. The molecule has 0 saturated heterocycles. The van der Waals surface area contributed by atoms with E-state index in [2.05, 4.69) is 10.0 Å². The second-order valence-electron chi connectivity index (χ2n) is 6.91. The first-order valence-electron chi connectivity index (χ1n) is 9.92. The number of ether oxygens (including phenoxy) is 2. The molecule has 174 valence electrons. The summed E-state index contributed by atoms with van der Waals surface area (Å²) in [6.45, 7) is 1.83. The molecule has 10 heteroatoms. The molecule has 0 aromatic heterocycles. The Morgan fingerprint density at radius 1 is 0.970 bits per heavy atom. The molecule has 0 heterocycles. The molecule has 33 heavy (non-hydrogen) atoms. The lowest BCUT2D eigenvalue weighted by atomic mass is 10.2. The van der Waals surface area contributed by atoms with Crippen LogP contribution in [-0.2, 0) is 14.8 Å². The number of hydrogen-bond acceptors (Lipinski definition) is 5. The number of sulfonamides is 1. The molecule has 0 spiro atoms. The zero-order valence-electron chi connectivity index (χ0n) is 17.8. The van der Waals surface area contributed by atoms with E-state index < -0.39 is 16.1 Å². The first kappa shape index (κ1) is 24.7. The third-order valence-electron chi connectivity index (χ3n) is 4.63. The van der Waals surface area contributed by atoms with Gasteiger partial charge in [-0.2, -0.15) is 0 Å². The molecule has 3 aromatic carbocycles. The lowest BCUT2D eigenvalue weighted by Gasteiger charge is -2.17. The molecule has 3 rings (SSSR count). The summed E-state index contributed by atoms with van der Waals surface area (Å²) in [5.41, 5.74) is 0.597. The number of methoxy groups -OCH3 is 1. The van der Waals surface area contributed by atoms with Gasteiger partial charge in [-0.05, 0) is 67.1 Å². The Balaban J connectivity index is 1.67. The number of halogens is 2. The van der Waals surface area contributed by atoms with Crippen molar-refractivity contribution >= 4 is 50.5 Å². The molecule has 0 aliphatic carbocycles. The minimum atomic E-state index is -3.91. The van der Waals surface area contributed by atoms with Crippen molar-refractivity contribution in [3.8, 4) is 11.5 Å². The second kappa shape index (κ2) is 10.8. The molecule has 0 aliphatic rings. The van der Waals surface area contributed by atoms with Crippen molar-refractivity contribution in [1.29, 1.82) is 0 Å². The summed E-state index contributed by atoms with van der Waals surface area (Å²) in [6, 6.07) is 17.3. The maximum Gasteiger partial charge on any atom is 0.265 e. The summed E-state index contributed by atoms with van der Waals surface area (Å²) in [5.74, 6) is 0.861. The predicted octanol–water partition coefficient (Wildman–Crippen LogP) is 5.60. The highest BCUT2D eigenvalue weighted by Crippen LogP contribution is 2.31. The minimum Gasteiger partial charge on any atom is -0.497 e. The van der Waals surface area contributed by atoms with E-state index >= 15 is 0 Å². The van der Waals surface area contributed by atoms with E-state index in [0.717, 1.165) is 0 Å². The van der Waals surface area contributed by atoms with Crippen LogP contribution in [0, 0.1) is 0 Å². The fraction of sp³-hybridized carbons (Fsp3) is 0.174. The minimum absolute atomic E-state index is 0.00179. The summed E-state index contributed by atoms with van der Waals surface area (Å²) in [6.07, 6.45) is -0.289. The van der Waals surface area contributed by atoms with Gasteiger partial charge in [0.1, 0.15) is 11.5 Å². The highest BCUT2D eigenvalue weighted by molar-refractivity contribution is 7.92. The van der Waals surface area contributed by atoms with Crippen LogP contribution in [0.15, 0.2) is 71.6 Å². The molecule has 0 unspecified atom stereocenters. The zero-order valence-corrected chi connectivity index (χ0v) is 20.2. The maximum atomic E-state index is 12.7. The van der Waals surface area contributed by atoms with Gasteiger partial charge in [-0.25, -0.2) is 8.42 Å². The molecule has 1 amide bonds. The number of rotatable bonds is 9. The summed E-state index contributed by atoms with van der Waals surface area (Å²) in [5, 5.41) is 3.08. The lowest BCUT2D eigenvalue weighted by Crippen LogP contribution is -2.32. The Morgan fingerprint density at radius 2 is 1.61 bits per heavy atom. The van der Waals surface area contributed by atoms with Crippen LogP contribution in [0.1, 0.15) is 13.3 Å². The molecular weight excluding hydrogens is 487 g/mol. The van der Waals surface area contributed by atoms with Gasteiger partial charge in [0, 0.05) is 5.69 Å². The highest BCUT2D eigenvalue weighted by Gasteiger charge is 2.20. The Bertz CT molecular complexity index is 1220. The Morgan fingerprint density at radius 3 is 2.21 bits per heavy atom. The number of carbonyl (C=O) groups is 1. The summed E-state index contributed by atoms with van der Waals surface area (Å²) >= 11 is 12.0. The maximum absolute atomic E-state index is 12.7. The number of nitrogens with one attached hydrogen (secondary N) is 2. The summed E-state index contributed by atoms with van der Waals surface area (Å²) in [4.78, 5) is 12.6. The van der Waals surface area contributed by atoms with Crippen molar-refractivity contribution in [1.82, 2.24) is 0 Å². The zero-order chi connectivity index (χ0) is 24.0. The van der Waals surface area contributed by atoms with Gasteiger partial charge in [0.2, 0.25) is 0 Å². The molecule has 0 aliphatic heterocycles. The number of amides is 1. The molecular formula is C23H22Cl2N2O5S. The number of anilines is 2. The second-order valence-corrected chi connectivity index (χ2v) is 9.38. The molecule has 0 bridgehead atoms. The van der Waals surface area contributed by atoms with Crippen LogP contribution >= 0.6 is 23.2 Å². The van der Waals surface area contributed by atoms with Gasteiger partial charge >= 0.3 is 0 Å². The normalized spacial score (nSPS) is 12.0. The predicted molar refractivity (Wildman–Crippen MR) is 130 cm³/mol. The van der Waals surface area contributed by atoms with Crippen molar-refractivity contribution in [2.45, 2.75) is 24.3 Å². The molecule has 2 N–H and O–H groups in total. The SMILES string of the molecule is CC[C@@H](Oc1ccc(OC)cc1)C(=O)Nc1ccc(S(=O)(=O)Nc2cccc(Cl)c2Cl)cc1. The average Bonchev–Trinajstić information content (AvgIpc) is 2.81. The smallest absolute Gasteiger partial charge is 0.265 e. The Kier molecular flexibility index (Phi) is 8.07. The van der Waals surface area contributed by atoms with Gasteiger partial charge in [0.25, 0.3) is 15.9 Å². The molecule has 0 radical (unpaired) electrons. The molecule has 0 fully saturated rings. The first-order valence-corrected chi connectivity index (χ1v) is 12.2. The topological polar surface area (TPSA) is 93.7 Å². The van der Waals surface area contributed by atoms with Gasteiger partial charge in [-0.15, -0.1) is 0 Å². The van der Waals surface area contributed by atoms with E-state index in [1.807, 2.05) is 6.92 Å². The van der Waals surface area contributed by atoms with Gasteiger partial charge in [-0.1, -0.05) is 36.2 Å². The molecule has 7 nitrogen and oxygen atoms in total. The van der Waals surface area contributed by atoms with Crippen LogP contribution in [-0.4, -0.2) is 27.5 Å². The van der Waals surface area contributed by atoms with Crippen molar-refractivity contribution in [3.63, 3.8) is 0 Å². The third-order valence-corrected chi connectivity index (χ3v) is 6.83. The van der Waals surface area contributed by atoms with Crippen LogP contribution in [0.4, 0.5) is 11.4 Å². The van der Waals surface area contributed by atoms with Crippen molar-refractivity contribution in [2.24, 2.45) is 0 Å². The van der Waals surface area contributed by atoms with Gasteiger partial charge in [-0.3, -0.25) is 9.52 Å². The van der Waals surface area contributed by atoms with Crippen molar-refractivity contribution in [2.75, 3.05) is 17.1 Å². The number of hydrogen-bond donors (Lipinski definition) is 2. The molecule has 0 saturated carbocycles. The monoisotopic (exact) mass is 508 g/mol. The fourth-order valence-electron chi connectivity index (χ4n) is 2.87. The van der Waals surface area contributed by atoms with Crippen molar-refractivity contribution in [3.05, 3.63) is 76.8 Å². The standard InChI is InChI=1S/C23H22Cl2N2O5S/c1-3-21(32-17-11-9-16(31-2)10-12-17)23(28)26-15-7-13-18(14-8-15)33(29,30)27-20-6-4-5-19(24)22(20)25/h4-14,21,27H,3H2,1-2H3,(H,26,28)/t21-/m1/s1. The quantitative estimate of drug-likeness (QED) is 0.392. The molecule has 1 atom stereocenters. The van der Waals surface area contributed by atoms with Crippen LogP contribution in [0.3, 0.4) is 0 Å². The van der Waals surface area contributed by atoms with E-state index in [1.165, 1.54) is 30.3 Å². The van der Waals surface area contributed by atoms with E-state index in [4.69, 9.17) is 32.7 Å². The first-order chi connectivity index (χ1) is 15.7. The third kappa shape index (κ3) is 6.31. The highest BCUT2D eigenvalue weighted by atomic mass is 35.5. The largest absolute Gasteiger partial charge is 0.497 e. The van der Waals surface area contributed by atoms with Crippen LogP contribution < -0.4 is 19.5 Å². The van der Waals surface area contributed by atoms with E-state index in [-0.39, 0.29) is 26.5 Å². The van der Waals surface area contributed by atoms with Gasteiger partial charge in [0.05, 0.1) is 27.7 Å². The Labute approximate surface area is 202 Å². The fourth-order valence-corrected chi connectivity index (χ4v) is 4.34. The van der Waals surface area contributed by atoms with Crippen molar-refractivity contribution < 1.29 is 22.7 Å². The number of carbonyl (C=O) groups excluding carboxylic acids is 1. The average molecular weight is 509 g/mol. The van der Waals surface area contributed by atoms with Gasteiger partial charge < -0.3 is 14.8 Å². The van der Waals surface area contributed by atoms with Crippen LogP contribution in [0.25, 0.3) is 0 Å². The van der Waals surface area contributed by atoms with Crippen LogP contribution in [0.5, 0.6) is 11.5 Å². The van der Waals surface area contributed by atoms with E-state index in [9.17, 15) is 13.2 Å². The van der Waals surface area contributed by atoms with Crippen LogP contribution in [0.2, 0.25) is 10.0 Å². The van der Waals surface area contributed by atoms with E-state index in [0.29, 0.717) is 23.6 Å².